The van der Waals surface area contributed by atoms with Gasteiger partial charge in [-0.3, -0.25) is 9.59 Å². The van der Waals surface area contributed by atoms with Crippen LogP contribution in [0.2, 0.25) is 0 Å². The van der Waals surface area contributed by atoms with E-state index in [4.69, 9.17) is 9.47 Å². The molecule has 0 aliphatic heterocycles. The minimum Gasteiger partial charge on any atom is -0.494 e. The van der Waals surface area contributed by atoms with Crippen LogP contribution >= 0.6 is 11.3 Å². The first kappa shape index (κ1) is 19.9. The second-order valence-electron chi connectivity index (χ2n) is 5.66. The highest BCUT2D eigenvalue weighted by Gasteiger charge is 2.10. The molecular weight excluding hydrogens is 352 g/mol. The van der Waals surface area contributed by atoms with Crippen LogP contribution in [0.15, 0.2) is 29.6 Å². The fraction of sp³-hybridized carbons (Fsp3) is 0.421. The molecule has 6 nitrogen and oxygen atoms in total. The zero-order valence-corrected chi connectivity index (χ0v) is 15.9. The fourth-order valence-corrected chi connectivity index (χ4v) is 2.80. The van der Waals surface area contributed by atoms with E-state index in [2.05, 4.69) is 17.2 Å². The summed E-state index contributed by atoms with van der Waals surface area (Å²) < 4.78 is 10.7. The number of amides is 1. The number of rotatable bonds is 10. The number of nitrogens with one attached hydrogen (secondary N) is 1. The number of ether oxygens (including phenoxy) is 2. The smallest absolute Gasteiger partial charge is 0.325 e. The van der Waals surface area contributed by atoms with E-state index in [1.54, 1.807) is 35.6 Å². The van der Waals surface area contributed by atoms with E-state index in [1.165, 1.54) is 0 Å². The average Bonchev–Trinajstić information content (AvgIpc) is 3.13. The van der Waals surface area contributed by atoms with E-state index in [0.29, 0.717) is 12.2 Å². The van der Waals surface area contributed by atoms with Gasteiger partial charge in [0.15, 0.2) is 0 Å². The summed E-state index contributed by atoms with van der Waals surface area (Å²) in [6.07, 6.45) is 2.92. The molecule has 1 aromatic carbocycles. The zero-order chi connectivity index (χ0) is 18.8. The van der Waals surface area contributed by atoms with Gasteiger partial charge in [-0.15, -0.1) is 11.3 Å². The van der Waals surface area contributed by atoms with Crippen LogP contribution < -0.4 is 10.1 Å². The number of carbonyl (C=O) groups excluding carboxylic acids is 2. The van der Waals surface area contributed by atoms with Crippen LogP contribution in [0, 0.1) is 0 Å². The van der Waals surface area contributed by atoms with Crippen LogP contribution in [0.4, 0.5) is 0 Å². The third-order valence-corrected chi connectivity index (χ3v) is 4.60. The maximum atomic E-state index is 12.1. The van der Waals surface area contributed by atoms with E-state index in [0.717, 1.165) is 35.7 Å². The topological polar surface area (TPSA) is 77.5 Å². The number of aromatic nitrogens is 1. The molecule has 0 spiro atoms. The lowest BCUT2D eigenvalue weighted by molar-refractivity contribution is -0.143. The molecule has 0 saturated carbocycles. The molecule has 140 valence electrons. The summed E-state index contributed by atoms with van der Waals surface area (Å²) in [5.41, 5.74) is 1.19. The van der Waals surface area contributed by atoms with Gasteiger partial charge >= 0.3 is 5.97 Å². The minimum atomic E-state index is -0.496. The number of thiazole rings is 1. The Kier molecular flexibility index (Phi) is 8.08. The number of aryl methyl sites for hydroxylation is 1. The van der Waals surface area contributed by atoms with Gasteiger partial charge in [0.25, 0.3) is 5.91 Å². The van der Waals surface area contributed by atoms with Gasteiger partial charge < -0.3 is 14.8 Å². The minimum absolute atomic E-state index is 0.120. The van der Waals surface area contributed by atoms with Crippen LogP contribution in [-0.4, -0.2) is 30.0 Å². The molecule has 1 N–H and O–H groups in total. The van der Waals surface area contributed by atoms with Crippen molar-refractivity contribution >= 4 is 23.2 Å². The summed E-state index contributed by atoms with van der Waals surface area (Å²) in [5, 5.41) is 5.43. The number of nitrogens with zero attached hydrogens (tertiary/aromatic N) is 1. The van der Waals surface area contributed by atoms with Crippen molar-refractivity contribution in [3.63, 3.8) is 0 Å². The molecule has 0 aliphatic carbocycles. The highest BCUT2D eigenvalue weighted by molar-refractivity contribution is 7.09. The number of hydrogen-bond donors (Lipinski definition) is 1. The Labute approximate surface area is 157 Å². The molecular formula is C19H24N2O4S. The lowest BCUT2D eigenvalue weighted by atomic mass is 10.2. The third kappa shape index (κ3) is 6.48. The molecule has 2 aromatic rings. The largest absolute Gasteiger partial charge is 0.494 e. The van der Waals surface area contributed by atoms with Crippen molar-refractivity contribution in [3.05, 3.63) is 45.9 Å². The Balaban J connectivity index is 1.72. The summed E-state index contributed by atoms with van der Waals surface area (Å²) in [4.78, 5) is 28.1. The van der Waals surface area contributed by atoms with Crippen molar-refractivity contribution in [3.8, 4) is 5.75 Å². The number of benzene rings is 1. The Morgan fingerprint density at radius 1 is 1.19 bits per heavy atom. The van der Waals surface area contributed by atoms with Gasteiger partial charge in [0.2, 0.25) is 0 Å². The van der Waals surface area contributed by atoms with Crippen molar-refractivity contribution < 1.29 is 19.1 Å². The van der Waals surface area contributed by atoms with Crippen molar-refractivity contribution in [2.45, 2.75) is 39.7 Å². The fourth-order valence-electron chi connectivity index (χ4n) is 2.07. The van der Waals surface area contributed by atoms with Gasteiger partial charge in [-0.05, 0) is 37.1 Å². The lowest BCUT2D eigenvalue weighted by Crippen LogP contribution is -2.30. The molecule has 0 atom stereocenters. The molecule has 0 aliphatic rings. The van der Waals surface area contributed by atoms with Gasteiger partial charge in [0, 0.05) is 10.9 Å². The summed E-state index contributed by atoms with van der Waals surface area (Å²) >= 11 is 1.54. The summed E-state index contributed by atoms with van der Waals surface area (Å²) in [6.45, 7) is 4.72. The van der Waals surface area contributed by atoms with Gasteiger partial charge in [-0.1, -0.05) is 20.3 Å². The van der Waals surface area contributed by atoms with E-state index in [-0.39, 0.29) is 19.1 Å². The third-order valence-electron chi connectivity index (χ3n) is 3.56. The Morgan fingerprint density at radius 2 is 1.96 bits per heavy atom. The Bertz CT molecular complexity index is 713. The second-order valence-corrected chi connectivity index (χ2v) is 6.60. The number of unbranched alkanes of at least 4 members (excludes halogenated alkanes) is 1. The average molecular weight is 376 g/mol. The maximum absolute atomic E-state index is 12.1. The van der Waals surface area contributed by atoms with Gasteiger partial charge in [0.1, 0.15) is 18.9 Å². The van der Waals surface area contributed by atoms with Crippen LogP contribution in [-0.2, 0) is 22.6 Å². The molecule has 0 fully saturated rings. The maximum Gasteiger partial charge on any atom is 0.325 e. The molecule has 0 saturated heterocycles. The lowest BCUT2D eigenvalue weighted by Gasteiger charge is -2.07. The first-order chi connectivity index (χ1) is 12.6. The van der Waals surface area contributed by atoms with Gasteiger partial charge in [-0.25, -0.2) is 4.98 Å². The molecule has 7 heteroatoms. The Hall–Kier alpha value is -2.41. The predicted molar refractivity (Wildman–Crippen MR) is 100 cm³/mol. The Morgan fingerprint density at radius 3 is 2.62 bits per heavy atom. The number of carbonyl (C=O) groups is 2. The molecule has 1 heterocycles. The quantitative estimate of drug-likeness (QED) is 0.508. The second kappa shape index (κ2) is 10.6. The van der Waals surface area contributed by atoms with Gasteiger partial charge in [-0.2, -0.15) is 0 Å². The molecule has 1 amide bonds. The van der Waals surface area contributed by atoms with E-state index in [1.807, 2.05) is 12.3 Å². The summed E-state index contributed by atoms with van der Waals surface area (Å²) in [6, 6.07) is 6.83. The molecule has 0 radical (unpaired) electrons. The standard InChI is InChI=1S/C19H24N2O4S/c1-3-5-10-24-16-8-6-14(7-9-16)19(23)20-11-18(22)25-12-15-13-26-17(4-2)21-15/h6-9,13H,3-5,10-12H2,1-2H3,(H,20,23). The van der Waals surface area contributed by atoms with Crippen LogP contribution in [0.1, 0.15) is 47.7 Å². The first-order valence-electron chi connectivity index (χ1n) is 8.72. The first-order valence-corrected chi connectivity index (χ1v) is 9.60. The monoisotopic (exact) mass is 376 g/mol. The summed E-state index contributed by atoms with van der Waals surface area (Å²) in [5.74, 6) is -0.1000. The van der Waals surface area contributed by atoms with E-state index >= 15 is 0 Å². The van der Waals surface area contributed by atoms with Crippen molar-refractivity contribution in [2.75, 3.05) is 13.2 Å². The van der Waals surface area contributed by atoms with Crippen molar-refractivity contribution in [1.29, 1.82) is 0 Å². The molecule has 0 bridgehead atoms. The van der Waals surface area contributed by atoms with E-state index in [9.17, 15) is 9.59 Å². The zero-order valence-electron chi connectivity index (χ0n) is 15.1. The van der Waals surface area contributed by atoms with Crippen LogP contribution in [0.25, 0.3) is 0 Å². The van der Waals surface area contributed by atoms with Crippen LogP contribution in [0.3, 0.4) is 0 Å². The normalized spacial score (nSPS) is 10.4. The molecule has 0 unspecified atom stereocenters. The van der Waals surface area contributed by atoms with Crippen molar-refractivity contribution in [2.24, 2.45) is 0 Å². The predicted octanol–water partition coefficient (Wildman–Crippen LogP) is 3.36. The molecule has 1 aromatic heterocycles. The van der Waals surface area contributed by atoms with Crippen LogP contribution in [0.5, 0.6) is 5.75 Å². The van der Waals surface area contributed by atoms with Gasteiger partial charge in [0.05, 0.1) is 17.3 Å². The number of esters is 1. The molecule has 26 heavy (non-hydrogen) atoms. The van der Waals surface area contributed by atoms with E-state index < -0.39 is 5.97 Å². The summed E-state index contributed by atoms with van der Waals surface area (Å²) in [7, 11) is 0. The highest BCUT2D eigenvalue weighted by atomic mass is 32.1. The van der Waals surface area contributed by atoms with Crippen molar-refractivity contribution in [1.82, 2.24) is 10.3 Å². The highest BCUT2D eigenvalue weighted by Crippen LogP contribution is 2.13. The molecule has 2 rings (SSSR count). The number of hydrogen-bond acceptors (Lipinski definition) is 6. The SMILES string of the molecule is CCCCOc1ccc(C(=O)NCC(=O)OCc2csc(CC)n2)cc1.